The molecule has 0 saturated heterocycles. The lowest BCUT2D eigenvalue weighted by Gasteiger charge is -2.19. The molecule has 460 valence electrons. The number of anilines is 1. The molecule has 2 aliphatic heterocycles. The second-order valence-electron chi connectivity index (χ2n) is 22.3. The normalized spacial score (nSPS) is 13.0. The van der Waals surface area contributed by atoms with Crippen LogP contribution < -0.4 is 16.9 Å². The zero-order valence-electron chi connectivity index (χ0n) is 51.2. The Hall–Kier alpha value is -8.70. The number of carboxylic acid groups (broad SMARTS) is 1. The van der Waals surface area contributed by atoms with Gasteiger partial charge < -0.3 is 49.0 Å². The van der Waals surface area contributed by atoms with Crippen LogP contribution in [0.5, 0.6) is 0 Å². The fourth-order valence-corrected chi connectivity index (χ4v) is 8.51. The summed E-state index contributed by atoms with van der Waals surface area (Å²) in [5, 5.41) is 8.91. The van der Waals surface area contributed by atoms with Crippen molar-refractivity contribution in [3.63, 3.8) is 0 Å². The van der Waals surface area contributed by atoms with E-state index in [4.69, 9.17) is 20.3 Å². The summed E-state index contributed by atoms with van der Waals surface area (Å²) in [5.41, 5.74) is 12.2. The van der Waals surface area contributed by atoms with Gasteiger partial charge in [-0.15, -0.1) is 0 Å². The molecule has 85 heavy (non-hydrogen) atoms. The van der Waals surface area contributed by atoms with E-state index in [2.05, 4.69) is 47.6 Å². The summed E-state index contributed by atoms with van der Waals surface area (Å²) in [6.45, 7) is 12.4. The van der Waals surface area contributed by atoms with Crippen LogP contribution in [0.4, 0.5) is 35.4 Å². The van der Waals surface area contributed by atoms with Crippen molar-refractivity contribution >= 4 is 64.2 Å². The number of halogens is 2. The van der Waals surface area contributed by atoms with Crippen molar-refractivity contribution in [3.8, 4) is 0 Å². The number of hydrogen-bond acceptors (Lipinski definition) is 15. The highest BCUT2D eigenvalue weighted by Crippen LogP contribution is 2.34. The van der Waals surface area contributed by atoms with Gasteiger partial charge in [-0.25, -0.2) is 23.2 Å². The van der Waals surface area contributed by atoms with E-state index in [0.29, 0.717) is 78.0 Å². The van der Waals surface area contributed by atoms with Gasteiger partial charge in [-0.1, -0.05) is 45.9 Å². The molecule has 4 aromatic heterocycles. The van der Waals surface area contributed by atoms with Gasteiger partial charge in [0.25, 0.3) is 11.1 Å². The molecule has 0 radical (unpaired) electrons. The van der Waals surface area contributed by atoms with Crippen molar-refractivity contribution in [2.24, 2.45) is 21.8 Å². The maximum Gasteiger partial charge on any atom is 0.410 e. The summed E-state index contributed by atoms with van der Waals surface area (Å²) in [7, 11) is 12.4. The van der Waals surface area contributed by atoms with Crippen LogP contribution in [0.25, 0.3) is 0 Å². The molecule has 6 heterocycles. The summed E-state index contributed by atoms with van der Waals surface area (Å²) in [4.78, 5) is 119. The van der Waals surface area contributed by atoms with Gasteiger partial charge in [-0.2, -0.15) is 0 Å². The Morgan fingerprint density at radius 1 is 0.635 bits per heavy atom. The summed E-state index contributed by atoms with van der Waals surface area (Å²) in [6.07, 6.45) is 7.49. The number of aryl methyl sites for hydroxylation is 2. The Balaban J connectivity index is 0.000000303. The number of allylic oxidation sites excluding steroid dienone is 2. The smallest absolute Gasteiger partial charge is 0.410 e. The SMILES string of the molecule is CN(C)C(=O)/C=C/CC[C@H](OC(=O)N(C)C)C(=O)O.Cc1ccc(CC(=O)[C@H](CC/C=C/C(=O)N(C)C)OC(=O)N(C)C)c(=O)n1CC1=Nc2c(CC(C)C)ncc(F)c2C1.Cc1ccc(N)c(=O)n1CC1=Nc2c(CC(C)C)ncc(F)c2C1. The number of rotatable bonds is 22. The zero-order chi connectivity index (χ0) is 63.6. The Bertz CT molecular complexity index is 3340. The van der Waals surface area contributed by atoms with Crippen molar-refractivity contribution in [1.29, 1.82) is 0 Å². The number of aliphatic imine (C=N–C) groups is 2. The van der Waals surface area contributed by atoms with E-state index in [0.717, 1.165) is 34.1 Å². The number of hydrogen-bond donors (Lipinski definition) is 2. The maximum absolute atomic E-state index is 14.6. The number of fused-ring (bicyclic) bond motifs is 2. The monoisotopic (exact) mass is 1180 g/mol. The van der Waals surface area contributed by atoms with E-state index >= 15 is 0 Å². The lowest BCUT2D eigenvalue weighted by atomic mass is 10.0. The minimum Gasteiger partial charge on any atom is -0.479 e. The van der Waals surface area contributed by atoms with Gasteiger partial charge in [-0.05, 0) is 94.6 Å². The van der Waals surface area contributed by atoms with Gasteiger partial charge in [0.05, 0.1) is 53.9 Å². The molecule has 4 amide bonds. The number of amides is 4. The number of Topliss-reactive ketones (excluding diaryl/α,β-unsaturated/α-hetero) is 1. The topological polar surface area (TPSA) is 275 Å². The molecular weight excluding hydrogens is 1100 g/mol. The number of carboxylic acids is 1. The number of carbonyl (C=O) groups is 6. The summed E-state index contributed by atoms with van der Waals surface area (Å²) < 4.78 is 42.0. The highest BCUT2D eigenvalue weighted by atomic mass is 19.1. The third kappa shape index (κ3) is 20.3. The number of aliphatic carboxylic acids is 1. The molecular formula is C61H81F2N11O11. The molecule has 2 atom stereocenters. The molecule has 0 aromatic carbocycles. The molecule has 24 heteroatoms. The highest BCUT2D eigenvalue weighted by molar-refractivity contribution is 5.95. The van der Waals surface area contributed by atoms with Gasteiger partial charge >= 0.3 is 18.2 Å². The molecule has 0 fully saturated rings. The van der Waals surface area contributed by atoms with Crippen LogP contribution in [0.2, 0.25) is 0 Å². The molecule has 0 bridgehead atoms. The average molecular weight is 1180 g/mol. The second kappa shape index (κ2) is 31.8. The fourth-order valence-electron chi connectivity index (χ4n) is 8.51. The first-order valence-corrected chi connectivity index (χ1v) is 27.8. The van der Waals surface area contributed by atoms with Crippen LogP contribution in [-0.2, 0) is 73.8 Å². The number of likely N-dealkylation sites (N-methyl/N-ethyl adjacent to an activating group) is 2. The van der Waals surface area contributed by atoms with Crippen molar-refractivity contribution in [2.75, 3.05) is 62.1 Å². The van der Waals surface area contributed by atoms with Gasteiger partial charge in [0, 0.05) is 115 Å². The van der Waals surface area contributed by atoms with E-state index in [1.54, 1.807) is 76.1 Å². The number of ketones is 1. The van der Waals surface area contributed by atoms with Gasteiger partial charge in [0.1, 0.15) is 11.6 Å². The Labute approximate surface area is 494 Å². The van der Waals surface area contributed by atoms with Crippen LogP contribution >= 0.6 is 0 Å². The van der Waals surface area contributed by atoms with Crippen molar-refractivity contribution in [2.45, 2.75) is 125 Å². The Morgan fingerprint density at radius 2 is 1.05 bits per heavy atom. The minimum atomic E-state index is -1.21. The lowest BCUT2D eigenvalue weighted by molar-refractivity contribution is -0.147. The van der Waals surface area contributed by atoms with Crippen LogP contribution in [0.15, 0.2) is 80.5 Å². The molecule has 0 spiro atoms. The lowest BCUT2D eigenvalue weighted by Crippen LogP contribution is -2.35. The molecule has 3 N–H and O–H groups in total. The number of nitrogens with zero attached hydrogens (tertiary/aromatic N) is 10. The van der Waals surface area contributed by atoms with Gasteiger partial charge in [0.2, 0.25) is 17.9 Å². The zero-order valence-corrected chi connectivity index (χ0v) is 51.2. The molecule has 4 aromatic rings. The molecule has 2 aliphatic rings. The number of carbonyl (C=O) groups excluding carboxylic acids is 5. The molecule has 0 aliphatic carbocycles. The standard InChI is InChI=1S/C31H40FN5O5.C18H21FN4O.C12H20N2O5/c1-19(2)14-25-29-23(24(32)17-33-25)16-22(34-29)18-37-20(3)12-13-21(30(37)40)15-26(38)27(42-31(41)36(6)7)10-8-9-11-28(39)35(4)5;1-10(2)6-16-17-13(14(19)8-21-16)7-12(22-17)9-23-11(3)4-5-15(20)18(23)24;1-13(2)10(15)8-6-5-7-9(11(16)17)19-12(18)14(3)4/h9,11-13,17,19,27H,8,10,14-16,18H2,1-7H3;4-5,8,10H,6-7,9,20H2,1-3H3;6,8-9H,5,7H2,1-4H3,(H,16,17)/b11-9+;;8-6+/t27-;;9-/m0.0/s1. The number of ether oxygens (including phenoxy) is 2. The number of aromatic nitrogens is 4. The molecule has 6 rings (SSSR count). The second-order valence-corrected chi connectivity index (χ2v) is 22.3. The van der Waals surface area contributed by atoms with Crippen molar-refractivity contribution in [1.82, 2.24) is 38.7 Å². The van der Waals surface area contributed by atoms with Gasteiger partial charge in [-0.3, -0.25) is 43.9 Å². The Morgan fingerprint density at radius 3 is 1.46 bits per heavy atom. The summed E-state index contributed by atoms with van der Waals surface area (Å²) in [6, 6.07) is 6.74. The highest BCUT2D eigenvalue weighted by Gasteiger charge is 2.28. The van der Waals surface area contributed by atoms with E-state index in [1.165, 1.54) is 72.0 Å². The van der Waals surface area contributed by atoms with Gasteiger partial charge in [0.15, 0.2) is 11.9 Å². The fraction of sp³-hybridized carbons (Fsp3) is 0.475. The third-order valence-electron chi connectivity index (χ3n) is 13.3. The van der Waals surface area contributed by atoms with Crippen LogP contribution in [0, 0.1) is 37.3 Å². The quantitative estimate of drug-likeness (QED) is 0.0738. The molecule has 0 saturated carbocycles. The predicted octanol–water partition coefficient (Wildman–Crippen LogP) is 7.18. The van der Waals surface area contributed by atoms with E-state index in [-0.39, 0.29) is 72.2 Å². The number of nitrogens with two attached hydrogens (primary N) is 1. The van der Waals surface area contributed by atoms with E-state index in [1.807, 2.05) is 6.92 Å². The Kier molecular flexibility index (Phi) is 25.8. The van der Waals surface area contributed by atoms with Crippen molar-refractivity contribution in [3.05, 3.63) is 133 Å². The van der Waals surface area contributed by atoms with Crippen LogP contribution in [0.3, 0.4) is 0 Å². The summed E-state index contributed by atoms with van der Waals surface area (Å²) in [5.74, 6) is -2.05. The van der Waals surface area contributed by atoms with Crippen LogP contribution in [-0.4, -0.2) is 160 Å². The first-order valence-electron chi connectivity index (χ1n) is 27.8. The number of pyridine rings is 4. The molecule has 22 nitrogen and oxygen atoms in total. The first kappa shape index (κ1) is 68.8. The van der Waals surface area contributed by atoms with E-state index < -0.39 is 42.0 Å². The minimum absolute atomic E-state index is 0.117. The predicted molar refractivity (Wildman–Crippen MR) is 321 cm³/mol. The van der Waals surface area contributed by atoms with E-state index in [9.17, 15) is 47.1 Å². The largest absolute Gasteiger partial charge is 0.479 e. The maximum atomic E-state index is 14.6. The van der Waals surface area contributed by atoms with Crippen LogP contribution in [0.1, 0.15) is 92.8 Å². The van der Waals surface area contributed by atoms with Crippen molar-refractivity contribution < 1.29 is 52.1 Å². The molecule has 0 unspecified atom stereocenters. The third-order valence-corrected chi connectivity index (χ3v) is 13.3. The first-order chi connectivity index (χ1) is 39.9. The average Bonchev–Trinajstić information content (AvgIpc) is 2.61. The number of nitrogen functional groups attached to an aromatic ring is 1. The summed E-state index contributed by atoms with van der Waals surface area (Å²) >= 11 is 0.